The summed E-state index contributed by atoms with van der Waals surface area (Å²) in [6, 6.07) is 0.696. The van der Waals surface area contributed by atoms with Gasteiger partial charge in [0.25, 0.3) is 0 Å². The molecule has 1 atom stereocenters. The second kappa shape index (κ2) is 6.49. The quantitative estimate of drug-likeness (QED) is 0.727. The Balaban J connectivity index is 2.24. The molecule has 0 radical (unpaired) electrons. The first-order chi connectivity index (χ1) is 7.09. The van der Waals surface area contributed by atoms with Crippen LogP contribution < -0.4 is 5.32 Å². The van der Waals surface area contributed by atoms with E-state index in [2.05, 4.69) is 37.9 Å². The number of rotatable bonds is 6. The summed E-state index contributed by atoms with van der Waals surface area (Å²) in [6.45, 7) is 14.3. The van der Waals surface area contributed by atoms with Crippen LogP contribution in [0.4, 0.5) is 0 Å². The van der Waals surface area contributed by atoms with Gasteiger partial charge >= 0.3 is 0 Å². The summed E-state index contributed by atoms with van der Waals surface area (Å²) in [5, 5.41) is 3.45. The molecule has 90 valence electrons. The molecule has 1 N–H and O–H groups in total. The Labute approximate surface area is 95.4 Å². The van der Waals surface area contributed by atoms with E-state index in [4.69, 9.17) is 0 Å². The Morgan fingerprint density at radius 3 is 2.47 bits per heavy atom. The second-order valence-electron chi connectivity index (χ2n) is 5.63. The van der Waals surface area contributed by atoms with Crippen molar-refractivity contribution in [3.05, 3.63) is 0 Å². The third-order valence-electron chi connectivity index (χ3n) is 3.32. The number of nitrogens with one attached hydrogen (secondary N) is 1. The van der Waals surface area contributed by atoms with Crippen LogP contribution >= 0.6 is 0 Å². The van der Waals surface area contributed by atoms with E-state index in [0.717, 1.165) is 11.8 Å². The molecular weight excluding hydrogens is 184 g/mol. The van der Waals surface area contributed by atoms with Gasteiger partial charge in [-0.3, -0.25) is 0 Å². The Morgan fingerprint density at radius 2 is 2.00 bits per heavy atom. The normalized spacial score (nSPS) is 22.2. The van der Waals surface area contributed by atoms with Crippen molar-refractivity contribution < 1.29 is 0 Å². The largest absolute Gasteiger partial charge is 0.316 e. The van der Waals surface area contributed by atoms with Gasteiger partial charge in [0.15, 0.2) is 0 Å². The molecule has 0 amide bonds. The first kappa shape index (κ1) is 13.0. The monoisotopic (exact) mass is 212 g/mol. The van der Waals surface area contributed by atoms with Gasteiger partial charge in [0.1, 0.15) is 0 Å². The van der Waals surface area contributed by atoms with Crippen LogP contribution in [0.5, 0.6) is 0 Å². The smallest absolute Gasteiger partial charge is 0.00387 e. The van der Waals surface area contributed by atoms with Crippen LogP contribution in [0.2, 0.25) is 0 Å². The van der Waals surface area contributed by atoms with E-state index in [-0.39, 0.29) is 0 Å². The average Bonchev–Trinajstić information content (AvgIpc) is 2.63. The van der Waals surface area contributed by atoms with Crippen LogP contribution in [-0.2, 0) is 0 Å². The van der Waals surface area contributed by atoms with Crippen molar-refractivity contribution in [2.45, 2.75) is 46.6 Å². The van der Waals surface area contributed by atoms with Crippen LogP contribution in [0.3, 0.4) is 0 Å². The molecule has 0 aromatic carbocycles. The lowest BCUT2D eigenvalue weighted by atomic mass is 10.0. The molecule has 15 heavy (non-hydrogen) atoms. The van der Waals surface area contributed by atoms with Gasteiger partial charge in [-0.25, -0.2) is 0 Å². The fourth-order valence-electron chi connectivity index (χ4n) is 2.34. The van der Waals surface area contributed by atoms with E-state index in [0.29, 0.717) is 6.04 Å². The van der Waals surface area contributed by atoms with Crippen LogP contribution in [0, 0.1) is 11.8 Å². The summed E-state index contributed by atoms with van der Waals surface area (Å²) in [6.07, 6.45) is 2.76. The summed E-state index contributed by atoms with van der Waals surface area (Å²) in [4.78, 5) is 2.63. The van der Waals surface area contributed by atoms with Crippen LogP contribution in [-0.4, -0.2) is 37.1 Å². The lowest BCUT2D eigenvalue weighted by molar-refractivity contribution is 0.186. The van der Waals surface area contributed by atoms with Crippen molar-refractivity contribution in [3.8, 4) is 0 Å². The molecule has 2 nitrogen and oxygen atoms in total. The predicted molar refractivity (Wildman–Crippen MR) is 67.1 cm³/mol. The van der Waals surface area contributed by atoms with Crippen molar-refractivity contribution in [2.24, 2.45) is 11.8 Å². The van der Waals surface area contributed by atoms with Gasteiger partial charge in [0.2, 0.25) is 0 Å². The van der Waals surface area contributed by atoms with Gasteiger partial charge in [-0.2, -0.15) is 0 Å². The molecule has 0 aliphatic carbocycles. The highest BCUT2D eigenvalue weighted by molar-refractivity contribution is 4.74. The molecule has 1 aliphatic rings. The van der Waals surface area contributed by atoms with E-state index in [1.165, 1.54) is 39.0 Å². The fraction of sp³-hybridized carbons (Fsp3) is 1.00. The first-order valence-electron chi connectivity index (χ1n) is 6.54. The predicted octanol–water partition coefficient (Wildman–Crippen LogP) is 2.35. The topological polar surface area (TPSA) is 15.3 Å². The van der Waals surface area contributed by atoms with Crippen molar-refractivity contribution >= 4 is 0 Å². The maximum Gasteiger partial charge on any atom is 0.00387 e. The van der Waals surface area contributed by atoms with Gasteiger partial charge in [-0.1, -0.05) is 13.8 Å². The van der Waals surface area contributed by atoms with E-state index in [1.54, 1.807) is 0 Å². The standard InChI is InChI=1S/C13H28N2/c1-11(2)10-15(12(3)4)8-6-13-5-7-14-9-13/h11-14H,5-10H2,1-4H3. The van der Waals surface area contributed by atoms with Gasteiger partial charge < -0.3 is 10.2 Å². The minimum atomic E-state index is 0.696. The Bertz CT molecular complexity index is 160. The highest BCUT2D eigenvalue weighted by Crippen LogP contribution is 2.14. The number of nitrogens with zero attached hydrogens (tertiary/aromatic N) is 1. The van der Waals surface area contributed by atoms with Crippen molar-refractivity contribution in [1.29, 1.82) is 0 Å². The van der Waals surface area contributed by atoms with E-state index < -0.39 is 0 Å². The minimum absolute atomic E-state index is 0.696. The maximum absolute atomic E-state index is 3.45. The van der Waals surface area contributed by atoms with Gasteiger partial charge in [-0.15, -0.1) is 0 Å². The zero-order valence-electron chi connectivity index (χ0n) is 10.9. The Kier molecular flexibility index (Phi) is 5.62. The lowest BCUT2D eigenvalue weighted by Gasteiger charge is -2.29. The molecule has 0 bridgehead atoms. The molecule has 1 heterocycles. The summed E-state index contributed by atoms with van der Waals surface area (Å²) < 4.78 is 0. The van der Waals surface area contributed by atoms with E-state index in [9.17, 15) is 0 Å². The average molecular weight is 212 g/mol. The highest BCUT2D eigenvalue weighted by atomic mass is 15.1. The van der Waals surface area contributed by atoms with Gasteiger partial charge in [-0.05, 0) is 58.2 Å². The maximum atomic E-state index is 3.45. The molecule has 1 fully saturated rings. The van der Waals surface area contributed by atoms with E-state index >= 15 is 0 Å². The summed E-state index contributed by atoms with van der Waals surface area (Å²) >= 11 is 0. The molecule has 0 aromatic heterocycles. The molecule has 1 rings (SSSR count). The van der Waals surface area contributed by atoms with Crippen molar-refractivity contribution in [2.75, 3.05) is 26.2 Å². The molecular formula is C13H28N2. The molecule has 1 saturated heterocycles. The number of hydrogen-bond donors (Lipinski definition) is 1. The van der Waals surface area contributed by atoms with Crippen molar-refractivity contribution in [1.82, 2.24) is 10.2 Å². The molecule has 0 saturated carbocycles. The van der Waals surface area contributed by atoms with Crippen LogP contribution in [0.15, 0.2) is 0 Å². The summed E-state index contributed by atoms with van der Waals surface area (Å²) in [5.74, 6) is 1.72. The van der Waals surface area contributed by atoms with Gasteiger partial charge in [0.05, 0.1) is 0 Å². The first-order valence-corrected chi connectivity index (χ1v) is 6.54. The second-order valence-corrected chi connectivity index (χ2v) is 5.63. The Hall–Kier alpha value is -0.0800. The SMILES string of the molecule is CC(C)CN(CCC1CCNC1)C(C)C. The van der Waals surface area contributed by atoms with Crippen LogP contribution in [0.25, 0.3) is 0 Å². The number of hydrogen-bond acceptors (Lipinski definition) is 2. The molecule has 2 heteroatoms. The van der Waals surface area contributed by atoms with Crippen molar-refractivity contribution in [3.63, 3.8) is 0 Å². The zero-order chi connectivity index (χ0) is 11.3. The summed E-state index contributed by atoms with van der Waals surface area (Å²) in [5.41, 5.74) is 0. The lowest BCUT2D eigenvalue weighted by Crippen LogP contribution is -2.35. The van der Waals surface area contributed by atoms with E-state index in [1.807, 2.05) is 0 Å². The van der Waals surface area contributed by atoms with Gasteiger partial charge in [0, 0.05) is 12.6 Å². The zero-order valence-corrected chi connectivity index (χ0v) is 10.9. The molecule has 1 aliphatic heterocycles. The summed E-state index contributed by atoms with van der Waals surface area (Å²) in [7, 11) is 0. The fourth-order valence-corrected chi connectivity index (χ4v) is 2.34. The third kappa shape index (κ3) is 4.98. The van der Waals surface area contributed by atoms with Crippen LogP contribution in [0.1, 0.15) is 40.5 Å². The Morgan fingerprint density at radius 1 is 1.27 bits per heavy atom. The third-order valence-corrected chi connectivity index (χ3v) is 3.32. The highest BCUT2D eigenvalue weighted by Gasteiger charge is 2.17. The molecule has 0 aromatic rings. The molecule has 1 unspecified atom stereocenters. The minimum Gasteiger partial charge on any atom is -0.316 e. The molecule has 0 spiro atoms.